The minimum Gasteiger partial charge on any atom is -0.477 e. The Labute approximate surface area is 194 Å². The normalized spacial score (nSPS) is 22.7. The maximum absolute atomic E-state index is 13.2. The van der Waals surface area contributed by atoms with Crippen LogP contribution in [0.3, 0.4) is 0 Å². The van der Waals surface area contributed by atoms with Gasteiger partial charge in [0.1, 0.15) is 5.75 Å². The lowest BCUT2D eigenvalue weighted by Gasteiger charge is -2.39. The minimum absolute atomic E-state index is 0.0189. The predicted octanol–water partition coefficient (Wildman–Crippen LogP) is 2.18. The van der Waals surface area contributed by atoms with Crippen LogP contribution < -0.4 is 20.3 Å². The summed E-state index contributed by atoms with van der Waals surface area (Å²) in [5.74, 6) is 0.147. The Bertz CT molecular complexity index is 941. The summed E-state index contributed by atoms with van der Waals surface area (Å²) in [5, 5.41) is 5.61. The molecule has 0 aliphatic carbocycles. The van der Waals surface area contributed by atoms with Crippen molar-refractivity contribution in [3.05, 3.63) is 35.5 Å². The molecule has 0 spiro atoms. The molecule has 9 heteroatoms. The molecule has 1 aromatic rings. The van der Waals surface area contributed by atoms with Gasteiger partial charge in [-0.3, -0.25) is 4.79 Å². The van der Waals surface area contributed by atoms with Crippen molar-refractivity contribution >= 4 is 23.6 Å². The summed E-state index contributed by atoms with van der Waals surface area (Å²) in [6, 6.07) is 6.74. The summed E-state index contributed by atoms with van der Waals surface area (Å²) in [5.41, 5.74) is 1.73. The van der Waals surface area contributed by atoms with E-state index in [0.717, 1.165) is 38.0 Å². The number of rotatable bonds is 6. The molecule has 1 aromatic carbocycles. The van der Waals surface area contributed by atoms with Crippen LogP contribution in [0.15, 0.2) is 35.5 Å². The van der Waals surface area contributed by atoms with E-state index in [4.69, 9.17) is 9.47 Å². The Morgan fingerprint density at radius 1 is 1.15 bits per heavy atom. The van der Waals surface area contributed by atoms with Crippen LogP contribution >= 0.6 is 0 Å². The molecule has 0 aromatic heterocycles. The van der Waals surface area contributed by atoms with Crippen LogP contribution in [0.2, 0.25) is 0 Å². The topological polar surface area (TPSA) is 100 Å². The number of benzene rings is 1. The lowest BCUT2D eigenvalue weighted by molar-refractivity contribution is -0.140. The number of hydrogen-bond donors (Lipinski definition) is 2. The monoisotopic (exact) mass is 456 g/mol. The molecule has 0 radical (unpaired) electrons. The number of urea groups is 1. The van der Waals surface area contributed by atoms with Crippen LogP contribution in [0.4, 0.5) is 10.5 Å². The lowest BCUT2D eigenvalue weighted by Crippen LogP contribution is -2.55. The molecule has 33 heavy (non-hydrogen) atoms. The molecule has 3 aliphatic heterocycles. The average molecular weight is 457 g/mol. The van der Waals surface area contributed by atoms with Crippen molar-refractivity contribution in [2.45, 2.75) is 51.7 Å². The van der Waals surface area contributed by atoms with E-state index in [-0.39, 0.29) is 25.1 Å². The number of carbonyl (C=O) groups is 3. The first-order valence-electron chi connectivity index (χ1n) is 11.8. The number of amides is 3. The number of nitrogens with one attached hydrogen (secondary N) is 2. The second-order valence-electron chi connectivity index (χ2n) is 8.51. The maximum atomic E-state index is 13.2. The summed E-state index contributed by atoms with van der Waals surface area (Å²) in [6.45, 7) is 5.98. The first kappa shape index (κ1) is 22.9. The second kappa shape index (κ2) is 10.1. The molecule has 1 saturated heterocycles. The second-order valence-corrected chi connectivity index (χ2v) is 8.51. The zero-order valence-electron chi connectivity index (χ0n) is 19.3. The Hall–Kier alpha value is -3.23. The highest BCUT2D eigenvalue weighted by Gasteiger charge is 2.37. The van der Waals surface area contributed by atoms with Gasteiger partial charge >= 0.3 is 12.0 Å². The SMILES string of the molecule is CCOC(=O)C1=C(CN2C[C@H](C(=O)N3CCCCC3)Oc3ccccc32)NC(=O)N[C@H]1CC. The zero-order valence-corrected chi connectivity index (χ0v) is 19.3. The zero-order chi connectivity index (χ0) is 23.4. The Balaban J connectivity index is 1.64. The molecule has 1 fully saturated rings. The van der Waals surface area contributed by atoms with Crippen LogP contribution in [0.5, 0.6) is 5.75 Å². The van der Waals surface area contributed by atoms with Gasteiger partial charge in [-0.1, -0.05) is 19.1 Å². The van der Waals surface area contributed by atoms with Crippen LogP contribution in [-0.4, -0.2) is 67.7 Å². The summed E-state index contributed by atoms with van der Waals surface area (Å²) in [7, 11) is 0. The number of para-hydroxylation sites is 2. The molecule has 0 bridgehead atoms. The van der Waals surface area contributed by atoms with E-state index in [0.29, 0.717) is 30.0 Å². The number of piperidine rings is 1. The largest absolute Gasteiger partial charge is 0.477 e. The minimum atomic E-state index is -0.649. The van der Waals surface area contributed by atoms with Gasteiger partial charge in [0.15, 0.2) is 6.10 Å². The van der Waals surface area contributed by atoms with Gasteiger partial charge in [-0.15, -0.1) is 0 Å². The summed E-state index contributed by atoms with van der Waals surface area (Å²) in [6.07, 6.45) is 3.06. The molecule has 3 amide bonds. The maximum Gasteiger partial charge on any atom is 0.337 e. The molecule has 9 nitrogen and oxygen atoms in total. The Kier molecular flexibility index (Phi) is 7.05. The van der Waals surface area contributed by atoms with E-state index in [9.17, 15) is 14.4 Å². The van der Waals surface area contributed by atoms with Crippen LogP contribution in [-0.2, 0) is 14.3 Å². The van der Waals surface area contributed by atoms with Crippen molar-refractivity contribution in [1.29, 1.82) is 0 Å². The molecule has 0 unspecified atom stereocenters. The fourth-order valence-electron chi connectivity index (χ4n) is 4.68. The van der Waals surface area contributed by atoms with Gasteiger partial charge in [0.05, 0.1) is 42.7 Å². The van der Waals surface area contributed by atoms with Crippen molar-refractivity contribution in [1.82, 2.24) is 15.5 Å². The Morgan fingerprint density at radius 3 is 2.64 bits per heavy atom. The van der Waals surface area contributed by atoms with E-state index in [1.165, 1.54) is 0 Å². The first-order chi connectivity index (χ1) is 16.0. The van der Waals surface area contributed by atoms with Crippen molar-refractivity contribution in [2.24, 2.45) is 0 Å². The van der Waals surface area contributed by atoms with Crippen molar-refractivity contribution < 1.29 is 23.9 Å². The number of esters is 1. The molecule has 178 valence electrons. The number of carbonyl (C=O) groups excluding carboxylic acids is 3. The fraction of sp³-hybridized carbons (Fsp3) is 0.542. The van der Waals surface area contributed by atoms with Crippen LogP contribution in [0.25, 0.3) is 0 Å². The lowest BCUT2D eigenvalue weighted by atomic mass is 9.99. The third kappa shape index (κ3) is 4.91. The third-order valence-electron chi connectivity index (χ3n) is 6.30. The summed E-state index contributed by atoms with van der Waals surface area (Å²) >= 11 is 0. The quantitative estimate of drug-likeness (QED) is 0.637. The molecule has 3 aliphatic rings. The standard InChI is InChI=1S/C24H32N4O5/c1-3-16-21(23(30)32-4-2)17(26-24(31)25-16)14-28-15-20(22(29)27-12-8-5-9-13-27)33-19-11-7-6-10-18(19)28/h6-7,10-11,16,20H,3-5,8-9,12-15H2,1-2H3,(H2,25,26,31)/t16-,20+/m0/s1. The van der Waals surface area contributed by atoms with E-state index in [1.54, 1.807) is 6.92 Å². The summed E-state index contributed by atoms with van der Waals surface area (Å²) < 4.78 is 11.4. The van der Waals surface area contributed by atoms with Gasteiger partial charge in [-0.25, -0.2) is 9.59 Å². The summed E-state index contributed by atoms with van der Waals surface area (Å²) in [4.78, 5) is 42.2. The number of ether oxygens (including phenoxy) is 2. The number of anilines is 1. The first-order valence-corrected chi connectivity index (χ1v) is 11.8. The molecular weight excluding hydrogens is 424 g/mol. The molecule has 0 saturated carbocycles. The predicted molar refractivity (Wildman–Crippen MR) is 123 cm³/mol. The van der Waals surface area contributed by atoms with Gasteiger partial charge in [0.2, 0.25) is 0 Å². The van der Waals surface area contributed by atoms with E-state index >= 15 is 0 Å². The van der Waals surface area contributed by atoms with Gasteiger partial charge < -0.3 is 29.9 Å². The van der Waals surface area contributed by atoms with E-state index in [1.807, 2.05) is 41.0 Å². The van der Waals surface area contributed by atoms with Crippen LogP contribution in [0.1, 0.15) is 39.5 Å². The van der Waals surface area contributed by atoms with Gasteiger partial charge in [0.25, 0.3) is 5.91 Å². The number of nitrogens with zero attached hydrogens (tertiary/aromatic N) is 2. The molecular formula is C24H32N4O5. The fourth-order valence-corrected chi connectivity index (χ4v) is 4.68. The van der Waals surface area contributed by atoms with E-state index in [2.05, 4.69) is 10.6 Å². The van der Waals surface area contributed by atoms with Gasteiger partial charge in [-0.05, 0) is 44.7 Å². The van der Waals surface area contributed by atoms with Gasteiger partial charge in [0, 0.05) is 13.1 Å². The molecule has 2 N–H and O–H groups in total. The van der Waals surface area contributed by atoms with Crippen molar-refractivity contribution in [3.63, 3.8) is 0 Å². The van der Waals surface area contributed by atoms with E-state index < -0.39 is 18.1 Å². The smallest absolute Gasteiger partial charge is 0.337 e. The molecule has 2 atom stereocenters. The molecule has 3 heterocycles. The number of fused-ring (bicyclic) bond motifs is 1. The highest BCUT2D eigenvalue weighted by Crippen LogP contribution is 2.34. The number of likely N-dealkylation sites (tertiary alicyclic amines) is 1. The highest BCUT2D eigenvalue weighted by molar-refractivity contribution is 5.95. The third-order valence-corrected chi connectivity index (χ3v) is 6.30. The number of hydrogen-bond acceptors (Lipinski definition) is 6. The van der Waals surface area contributed by atoms with Crippen LogP contribution in [0, 0.1) is 0 Å². The average Bonchev–Trinajstić information content (AvgIpc) is 2.83. The van der Waals surface area contributed by atoms with Gasteiger partial charge in [-0.2, -0.15) is 0 Å². The highest BCUT2D eigenvalue weighted by atomic mass is 16.5. The Morgan fingerprint density at radius 2 is 1.91 bits per heavy atom. The van der Waals surface area contributed by atoms with Crippen molar-refractivity contribution in [2.75, 3.05) is 37.7 Å². The molecule has 4 rings (SSSR count). The van der Waals surface area contributed by atoms with Crippen molar-refractivity contribution in [3.8, 4) is 5.75 Å².